The van der Waals surface area contributed by atoms with Crippen molar-refractivity contribution in [1.29, 1.82) is 0 Å². The molecule has 2 bridgehead atoms. The van der Waals surface area contributed by atoms with Crippen LogP contribution in [0, 0.1) is 0 Å². The van der Waals surface area contributed by atoms with Crippen LogP contribution < -0.4 is 5.56 Å². The van der Waals surface area contributed by atoms with Gasteiger partial charge < -0.3 is 4.98 Å². The predicted octanol–water partition coefficient (Wildman–Crippen LogP) is 0.711. The van der Waals surface area contributed by atoms with E-state index in [1.807, 2.05) is 0 Å². The highest BCUT2D eigenvalue weighted by Gasteiger charge is 2.34. The third-order valence-corrected chi connectivity index (χ3v) is 5.05. The Hall–Kier alpha value is -1.20. The molecule has 1 aliphatic carbocycles. The zero-order valence-corrected chi connectivity index (χ0v) is 11.9. The number of nitrogens with one attached hydrogen (secondary N) is 1. The van der Waals surface area contributed by atoms with E-state index in [1.165, 1.54) is 12.8 Å². The molecule has 5 nitrogen and oxygen atoms in total. The van der Waals surface area contributed by atoms with Gasteiger partial charge in [0.05, 0.1) is 11.7 Å². The highest BCUT2D eigenvalue weighted by molar-refractivity contribution is 5.21. The van der Waals surface area contributed by atoms with Crippen LogP contribution in [0.25, 0.3) is 0 Å². The Balaban J connectivity index is 1.70. The lowest BCUT2D eigenvalue weighted by atomic mass is 10.1. The topological polar surface area (TPSA) is 52.2 Å². The Morgan fingerprint density at radius 3 is 2.60 bits per heavy atom. The molecule has 0 amide bonds. The van der Waals surface area contributed by atoms with Gasteiger partial charge in [-0.15, -0.1) is 0 Å². The summed E-state index contributed by atoms with van der Waals surface area (Å²) in [5.74, 6) is 0.903. The van der Waals surface area contributed by atoms with Gasteiger partial charge in [0, 0.05) is 38.3 Å². The first kappa shape index (κ1) is 12.5. The Bertz CT molecular complexity index is 559. The highest BCUT2D eigenvalue weighted by atomic mass is 16.1. The van der Waals surface area contributed by atoms with Gasteiger partial charge in [-0.25, -0.2) is 4.98 Å². The van der Waals surface area contributed by atoms with Crippen molar-refractivity contribution in [2.24, 2.45) is 0 Å². The minimum Gasteiger partial charge on any atom is -0.309 e. The van der Waals surface area contributed by atoms with Crippen LogP contribution in [0.15, 0.2) is 4.79 Å². The van der Waals surface area contributed by atoms with Gasteiger partial charge >= 0.3 is 0 Å². The smallest absolute Gasteiger partial charge is 0.254 e. The second-order valence-corrected chi connectivity index (χ2v) is 6.29. The first-order valence-electron chi connectivity index (χ1n) is 7.89. The standard InChI is InChI=1S/C15H22N4O/c20-15-11-4-2-1-3-5-12(11)16-14(17-15)13-10-18-6-8-19(13)9-7-18/h13H,1-10H2,(H,16,17,20). The summed E-state index contributed by atoms with van der Waals surface area (Å²) in [5.41, 5.74) is 2.13. The monoisotopic (exact) mass is 274 g/mol. The molecule has 1 unspecified atom stereocenters. The second kappa shape index (κ2) is 4.97. The van der Waals surface area contributed by atoms with Crippen molar-refractivity contribution >= 4 is 0 Å². The van der Waals surface area contributed by atoms with Gasteiger partial charge in [0.2, 0.25) is 0 Å². The molecular weight excluding hydrogens is 252 g/mol. The second-order valence-electron chi connectivity index (χ2n) is 6.29. The Morgan fingerprint density at radius 1 is 1.05 bits per heavy atom. The molecule has 1 aromatic heterocycles. The van der Waals surface area contributed by atoms with E-state index in [1.54, 1.807) is 0 Å². The minimum atomic E-state index is 0.115. The van der Waals surface area contributed by atoms with Crippen molar-refractivity contribution < 1.29 is 0 Å². The van der Waals surface area contributed by atoms with Crippen LogP contribution in [0.1, 0.15) is 42.4 Å². The number of fused-ring (bicyclic) bond motifs is 4. The number of aromatic amines is 1. The van der Waals surface area contributed by atoms with Gasteiger partial charge in [-0.1, -0.05) is 6.42 Å². The molecular formula is C15H22N4O. The number of rotatable bonds is 1. The first-order chi connectivity index (χ1) is 9.81. The molecule has 5 rings (SSSR count). The van der Waals surface area contributed by atoms with E-state index < -0.39 is 0 Å². The van der Waals surface area contributed by atoms with Crippen molar-refractivity contribution in [1.82, 2.24) is 19.8 Å². The summed E-state index contributed by atoms with van der Waals surface area (Å²) in [4.78, 5) is 25.3. The molecule has 108 valence electrons. The van der Waals surface area contributed by atoms with Gasteiger partial charge in [0.1, 0.15) is 5.82 Å². The number of piperazine rings is 3. The van der Waals surface area contributed by atoms with Crippen molar-refractivity contribution in [2.45, 2.75) is 38.1 Å². The molecule has 0 saturated carbocycles. The summed E-state index contributed by atoms with van der Waals surface area (Å²) in [6.07, 6.45) is 5.39. The molecule has 3 fully saturated rings. The van der Waals surface area contributed by atoms with Crippen molar-refractivity contribution in [3.8, 4) is 0 Å². The fourth-order valence-corrected chi connectivity index (χ4v) is 3.83. The lowest BCUT2D eigenvalue weighted by molar-refractivity contribution is 0.00844. The maximum atomic E-state index is 12.4. The van der Waals surface area contributed by atoms with E-state index in [0.717, 1.165) is 69.1 Å². The maximum absolute atomic E-state index is 12.4. The van der Waals surface area contributed by atoms with Gasteiger partial charge in [0.25, 0.3) is 5.56 Å². The normalized spacial score (nSPS) is 32.7. The van der Waals surface area contributed by atoms with Gasteiger partial charge in [-0.3, -0.25) is 14.6 Å². The van der Waals surface area contributed by atoms with Crippen molar-refractivity contribution in [3.05, 3.63) is 27.4 Å². The third kappa shape index (κ3) is 2.09. The predicted molar refractivity (Wildman–Crippen MR) is 76.9 cm³/mol. The molecule has 3 saturated heterocycles. The lowest BCUT2D eigenvalue weighted by Gasteiger charge is -2.46. The lowest BCUT2D eigenvalue weighted by Crippen LogP contribution is -2.57. The van der Waals surface area contributed by atoms with E-state index in [2.05, 4.69) is 14.8 Å². The first-order valence-corrected chi connectivity index (χ1v) is 7.89. The number of aromatic nitrogens is 2. The number of aryl methyl sites for hydroxylation is 1. The van der Waals surface area contributed by atoms with Crippen molar-refractivity contribution in [3.63, 3.8) is 0 Å². The Morgan fingerprint density at radius 2 is 1.85 bits per heavy atom. The van der Waals surface area contributed by atoms with E-state index >= 15 is 0 Å². The zero-order chi connectivity index (χ0) is 13.5. The molecule has 5 heteroatoms. The van der Waals surface area contributed by atoms with Crippen LogP contribution >= 0.6 is 0 Å². The molecule has 0 radical (unpaired) electrons. The zero-order valence-electron chi connectivity index (χ0n) is 11.9. The third-order valence-electron chi connectivity index (χ3n) is 5.05. The Kier molecular flexibility index (Phi) is 3.11. The van der Waals surface area contributed by atoms with Gasteiger partial charge in [-0.2, -0.15) is 0 Å². The van der Waals surface area contributed by atoms with Crippen molar-refractivity contribution in [2.75, 3.05) is 32.7 Å². The van der Waals surface area contributed by atoms with Gasteiger partial charge in [0.15, 0.2) is 0 Å². The number of hydrogen-bond donors (Lipinski definition) is 1. The summed E-state index contributed by atoms with van der Waals surface area (Å²) >= 11 is 0. The number of nitrogens with zero attached hydrogens (tertiary/aromatic N) is 3. The van der Waals surface area contributed by atoms with Crippen LogP contribution in [-0.2, 0) is 12.8 Å². The summed E-state index contributed by atoms with van der Waals surface area (Å²) in [5, 5.41) is 0. The number of H-pyrrole nitrogens is 1. The average molecular weight is 274 g/mol. The molecule has 1 aromatic rings. The molecule has 4 heterocycles. The molecule has 1 N–H and O–H groups in total. The molecule has 4 aliphatic rings. The van der Waals surface area contributed by atoms with E-state index in [4.69, 9.17) is 4.98 Å². The maximum Gasteiger partial charge on any atom is 0.254 e. The molecule has 3 aliphatic heterocycles. The molecule has 0 spiro atoms. The summed E-state index contributed by atoms with van der Waals surface area (Å²) in [6.45, 7) is 5.54. The summed E-state index contributed by atoms with van der Waals surface area (Å²) in [6, 6.07) is 0.291. The fraction of sp³-hybridized carbons (Fsp3) is 0.733. The average Bonchev–Trinajstić information content (AvgIpc) is 2.74. The van der Waals surface area contributed by atoms with Crippen LogP contribution in [0.2, 0.25) is 0 Å². The van der Waals surface area contributed by atoms with Crippen LogP contribution in [0.4, 0.5) is 0 Å². The SMILES string of the molecule is O=c1[nH]c(C2CN3CCN2CC3)nc2c1CCCCC2. The molecule has 0 aromatic carbocycles. The van der Waals surface area contributed by atoms with E-state index in [0.29, 0.717) is 6.04 Å². The molecule has 20 heavy (non-hydrogen) atoms. The van der Waals surface area contributed by atoms with E-state index in [-0.39, 0.29) is 5.56 Å². The molecule has 1 atom stereocenters. The largest absolute Gasteiger partial charge is 0.309 e. The summed E-state index contributed by atoms with van der Waals surface area (Å²) < 4.78 is 0. The summed E-state index contributed by atoms with van der Waals surface area (Å²) in [7, 11) is 0. The number of hydrogen-bond acceptors (Lipinski definition) is 4. The Labute approximate surface area is 119 Å². The van der Waals surface area contributed by atoms with E-state index in [9.17, 15) is 4.79 Å². The van der Waals surface area contributed by atoms with Crippen LogP contribution in [0.3, 0.4) is 0 Å². The van der Waals surface area contributed by atoms with Crippen LogP contribution in [0.5, 0.6) is 0 Å². The van der Waals surface area contributed by atoms with Crippen LogP contribution in [-0.4, -0.2) is 52.5 Å². The quantitative estimate of drug-likeness (QED) is 0.766. The highest BCUT2D eigenvalue weighted by Crippen LogP contribution is 2.27. The minimum absolute atomic E-state index is 0.115. The fourth-order valence-electron chi connectivity index (χ4n) is 3.83. The van der Waals surface area contributed by atoms with Gasteiger partial charge in [-0.05, 0) is 25.7 Å².